The second-order valence-electron chi connectivity index (χ2n) is 4.64. The van der Waals surface area contributed by atoms with Crippen LogP contribution in [0.2, 0.25) is 0 Å². The molecule has 0 bridgehead atoms. The highest BCUT2D eigenvalue weighted by Gasteiger charge is 2.26. The lowest BCUT2D eigenvalue weighted by atomic mass is 9.89. The monoisotopic (exact) mass is 300 g/mol. The maximum absolute atomic E-state index is 10.8. The summed E-state index contributed by atoms with van der Waals surface area (Å²) >= 11 is 1.11. The zero-order chi connectivity index (χ0) is 14.8. The topological polar surface area (TPSA) is 93.9 Å². The minimum atomic E-state index is -0.396. The largest absolute Gasteiger partial charge is 0.386 e. The third-order valence-corrected chi connectivity index (χ3v) is 4.32. The number of hydrogen-bond acceptors (Lipinski definition) is 6. The molecule has 2 aromatic rings. The van der Waals surface area contributed by atoms with Crippen molar-refractivity contribution in [3.63, 3.8) is 0 Å². The lowest BCUT2D eigenvalue weighted by molar-refractivity contribution is -0.380. The Balaban J connectivity index is 2.02. The predicted octanol–water partition coefficient (Wildman–Crippen LogP) is 2.91. The van der Waals surface area contributed by atoms with Crippen molar-refractivity contribution in [2.24, 2.45) is 15.9 Å². The number of hydrogen-bond donors (Lipinski definition) is 1. The summed E-state index contributed by atoms with van der Waals surface area (Å²) in [6.45, 7) is 0. The predicted molar refractivity (Wildman–Crippen MR) is 82.9 cm³/mol. The molecular formula is C14H12N4O2S. The Bertz CT molecular complexity index is 736. The minimum Gasteiger partial charge on any atom is -0.386 e. The van der Waals surface area contributed by atoms with Crippen LogP contribution in [0.4, 0.5) is 5.00 Å². The molecule has 21 heavy (non-hydrogen) atoms. The van der Waals surface area contributed by atoms with Crippen molar-refractivity contribution in [1.82, 2.24) is 0 Å². The minimum absolute atomic E-state index is 0.0260. The summed E-state index contributed by atoms with van der Waals surface area (Å²) in [6.07, 6.45) is 0.564. The number of nitrogens with zero attached hydrogens (tertiary/aromatic N) is 3. The Morgan fingerprint density at radius 1 is 1.19 bits per heavy atom. The lowest BCUT2D eigenvalue weighted by Gasteiger charge is -2.20. The van der Waals surface area contributed by atoms with Gasteiger partial charge in [0.15, 0.2) is 0 Å². The first kappa shape index (κ1) is 13.4. The summed E-state index contributed by atoms with van der Waals surface area (Å²) < 4.78 is 0. The number of amidine groups is 1. The Kier molecular flexibility index (Phi) is 3.49. The molecule has 1 aromatic heterocycles. The molecule has 7 heteroatoms. The fraction of sp³-hybridized carbons (Fsp3) is 0.143. The van der Waals surface area contributed by atoms with Crippen LogP contribution in [0.15, 0.2) is 52.7 Å². The molecular weight excluding hydrogens is 288 g/mol. The van der Waals surface area contributed by atoms with E-state index in [1.165, 1.54) is 6.07 Å². The average molecular weight is 300 g/mol. The van der Waals surface area contributed by atoms with Crippen LogP contribution in [-0.4, -0.2) is 16.5 Å². The third-order valence-electron chi connectivity index (χ3n) is 3.26. The molecule has 0 radical (unpaired) electrons. The zero-order valence-corrected chi connectivity index (χ0v) is 11.8. The van der Waals surface area contributed by atoms with Crippen molar-refractivity contribution < 1.29 is 4.92 Å². The Morgan fingerprint density at radius 3 is 2.62 bits per heavy atom. The fourth-order valence-corrected chi connectivity index (χ4v) is 3.14. The molecule has 0 amide bonds. The van der Waals surface area contributed by atoms with Gasteiger partial charge in [-0.1, -0.05) is 41.7 Å². The van der Waals surface area contributed by atoms with E-state index in [1.54, 1.807) is 6.07 Å². The first-order chi connectivity index (χ1) is 10.1. The van der Waals surface area contributed by atoms with Crippen LogP contribution in [0.3, 0.4) is 0 Å². The van der Waals surface area contributed by atoms with Gasteiger partial charge in [-0.05, 0) is 11.6 Å². The average Bonchev–Trinajstić information content (AvgIpc) is 2.98. The Morgan fingerprint density at radius 2 is 1.95 bits per heavy atom. The summed E-state index contributed by atoms with van der Waals surface area (Å²) in [5.41, 5.74) is 7.60. The summed E-state index contributed by atoms with van der Waals surface area (Å²) in [7, 11) is 0. The molecule has 2 heterocycles. The van der Waals surface area contributed by atoms with Gasteiger partial charge in [0, 0.05) is 18.4 Å². The summed E-state index contributed by atoms with van der Waals surface area (Å²) in [5, 5.41) is 19.0. The van der Waals surface area contributed by atoms with E-state index in [0.29, 0.717) is 12.3 Å². The molecule has 0 spiro atoms. The van der Waals surface area contributed by atoms with Crippen molar-refractivity contribution >= 4 is 27.9 Å². The van der Waals surface area contributed by atoms with Gasteiger partial charge in [0.25, 0.3) is 0 Å². The summed E-state index contributed by atoms with van der Waals surface area (Å²) in [5.74, 6) is 0.445. The highest BCUT2D eigenvalue weighted by atomic mass is 32.1. The van der Waals surface area contributed by atoms with Crippen molar-refractivity contribution in [2.45, 2.75) is 12.3 Å². The van der Waals surface area contributed by atoms with E-state index in [1.807, 2.05) is 30.3 Å². The molecule has 1 atom stereocenters. The number of benzene rings is 1. The summed E-state index contributed by atoms with van der Waals surface area (Å²) in [4.78, 5) is 11.2. The van der Waals surface area contributed by atoms with E-state index in [9.17, 15) is 10.1 Å². The molecule has 0 saturated heterocycles. The highest BCUT2D eigenvalue weighted by Crippen LogP contribution is 2.33. The van der Waals surface area contributed by atoms with Crippen molar-refractivity contribution in [3.05, 3.63) is 63.0 Å². The van der Waals surface area contributed by atoms with Gasteiger partial charge in [-0.25, -0.2) is 0 Å². The van der Waals surface area contributed by atoms with Crippen molar-refractivity contribution in [2.75, 3.05) is 0 Å². The Labute approximate surface area is 124 Å². The van der Waals surface area contributed by atoms with Crippen LogP contribution in [0.25, 0.3) is 0 Å². The zero-order valence-electron chi connectivity index (χ0n) is 11.0. The first-order valence-electron chi connectivity index (χ1n) is 6.34. The van der Waals surface area contributed by atoms with Crippen LogP contribution < -0.4 is 5.73 Å². The molecule has 3 rings (SSSR count). The molecule has 1 aliphatic rings. The highest BCUT2D eigenvalue weighted by molar-refractivity contribution is 7.17. The van der Waals surface area contributed by atoms with E-state index in [4.69, 9.17) is 5.73 Å². The molecule has 1 unspecified atom stereocenters. The van der Waals surface area contributed by atoms with Crippen LogP contribution in [0.1, 0.15) is 22.8 Å². The molecule has 106 valence electrons. The molecule has 0 saturated carbocycles. The van der Waals surface area contributed by atoms with Gasteiger partial charge in [-0.15, -0.1) is 5.10 Å². The van der Waals surface area contributed by atoms with Crippen LogP contribution in [0.5, 0.6) is 0 Å². The normalized spacial score (nSPS) is 18.0. The van der Waals surface area contributed by atoms with Gasteiger partial charge >= 0.3 is 5.00 Å². The molecule has 2 N–H and O–H groups in total. The second kappa shape index (κ2) is 5.45. The van der Waals surface area contributed by atoms with Crippen LogP contribution in [0, 0.1) is 10.1 Å². The van der Waals surface area contributed by atoms with E-state index in [0.717, 1.165) is 27.5 Å². The maximum atomic E-state index is 10.8. The van der Waals surface area contributed by atoms with Gasteiger partial charge in [-0.3, -0.25) is 10.1 Å². The smallest absolute Gasteiger partial charge is 0.324 e. The van der Waals surface area contributed by atoms with E-state index in [2.05, 4.69) is 10.2 Å². The third kappa shape index (κ3) is 2.68. The number of rotatable bonds is 3. The van der Waals surface area contributed by atoms with Crippen molar-refractivity contribution in [3.8, 4) is 0 Å². The SMILES string of the molecule is NC1=NN=C(c2ccc([N+](=O)[O-])s2)C(c2ccccc2)C1. The number of thiophene rings is 1. The second-order valence-corrected chi connectivity index (χ2v) is 5.70. The Hall–Kier alpha value is -2.54. The summed E-state index contributed by atoms with van der Waals surface area (Å²) in [6, 6.07) is 13.1. The quantitative estimate of drug-likeness (QED) is 0.697. The van der Waals surface area contributed by atoms with Gasteiger partial charge in [0.2, 0.25) is 0 Å². The van der Waals surface area contributed by atoms with Crippen LogP contribution in [-0.2, 0) is 0 Å². The molecule has 1 aromatic carbocycles. The number of nitrogens with two attached hydrogens (primary N) is 1. The maximum Gasteiger partial charge on any atom is 0.324 e. The fourth-order valence-electron chi connectivity index (χ4n) is 2.28. The lowest BCUT2D eigenvalue weighted by Crippen LogP contribution is -2.25. The van der Waals surface area contributed by atoms with E-state index < -0.39 is 4.92 Å². The number of nitro groups is 1. The molecule has 0 fully saturated rings. The van der Waals surface area contributed by atoms with Crippen molar-refractivity contribution in [1.29, 1.82) is 0 Å². The van der Waals surface area contributed by atoms with Gasteiger partial charge < -0.3 is 5.73 Å². The van der Waals surface area contributed by atoms with Gasteiger partial charge in [0.1, 0.15) is 5.84 Å². The first-order valence-corrected chi connectivity index (χ1v) is 7.16. The standard InChI is InChI=1S/C14H12N4O2S/c15-12-8-10(9-4-2-1-3-5-9)14(17-16-12)11-6-7-13(21-11)18(19)20/h1-7,10H,8H2,(H2,15,16). The van der Waals surface area contributed by atoms with E-state index >= 15 is 0 Å². The van der Waals surface area contributed by atoms with Crippen LogP contribution >= 0.6 is 11.3 Å². The molecule has 0 aliphatic carbocycles. The van der Waals surface area contributed by atoms with Gasteiger partial charge in [-0.2, -0.15) is 5.10 Å². The van der Waals surface area contributed by atoms with E-state index in [-0.39, 0.29) is 10.9 Å². The molecule has 6 nitrogen and oxygen atoms in total. The van der Waals surface area contributed by atoms with Gasteiger partial charge in [0.05, 0.1) is 15.5 Å². The molecule has 1 aliphatic heterocycles.